The van der Waals surface area contributed by atoms with Gasteiger partial charge in [0.2, 0.25) is 0 Å². The van der Waals surface area contributed by atoms with E-state index in [9.17, 15) is 9.59 Å². The number of hydrogen-bond acceptors (Lipinski definition) is 3. The number of likely N-dealkylation sites (tertiary alicyclic amines) is 1. The molecule has 2 aliphatic heterocycles. The molecule has 3 aliphatic rings. The van der Waals surface area contributed by atoms with Gasteiger partial charge in [-0.1, -0.05) is 48.5 Å². The first-order valence-electron chi connectivity index (χ1n) is 9.73. The number of urea groups is 1. The summed E-state index contributed by atoms with van der Waals surface area (Å²) in [7, 11) is 0. The predicted molar refractivity (Wildman–Crippen MR) is 107 cm³/mol. The second kappa shape index (κ2) is 6.48. The van der Waals surface area contributed by atoms with Crippen LogP contribution in [-0.2, 0) is 4.79 Å². The summed E-state index contributed by atoms with van der Waals surface area (Å²) in [4.78, 5) is 32.4. The van der Waals surface area contributed by atoms with E-state index in [1.54, 1.807) is 0 Å². The first kappa shape index (κ1) is 17.0. The number of anilines is 1. The fraction of sp³-hybridized carbons (Fsp3) is 0.318. The number of benzene rings is 2. The standard InChI is InChI=1S/C22H22N4O2/c27-20-22(25-19(24-20)15-7-3-1-4-8-15)12-11-16-13-26(14-18(16)22)21(28)23-17-9-5-2-6-10-17/h1-10,16,18H,11-14H2,(H,23,28)(H,24,25,27)/t16-,18+,22-/m0/s1. The highest BCUT2D eigenvalue weighted by molar-refractivity contribution is 6.15. The van der Waals surface area contributed by atoms with E-state index in [-0.39, 0.29) is 17.9 Å². The summed E-state index contributed by atoms with van der Waals surface area (Å²) in [5.74, 6) is 1.00. The second-order valence-corrected chi connectivity index (χ2v) is 7.81. The van der Waals surface area contributed by atoms with Crippen molar-refractivity contribution in [3.05, 3.63) is 66.2 Å². The number of nitrogens with zero attached hydrogens (tertiary/aromatic N) is 2. The Morgan fingerprint density at radius 2 is 1.79 bits per heavy atom. The van der Waals surface area contributed by atoms with Crippen molar-refractivity contribution in [2.75, 3.05) is 18.4 Å². The molecule has 142 valence electrons. The number of carbonyl (C=O) groups excluding carboxylic acids is 2. The number of amidine groups is 1. The van der Waals surface area contributed by atoms with Crippen LogP contribution in [0.1, 0.15) is 18.4 Å². The molecule has 2 fully saturated rings. The third kappa shape index (κ3) is 2.68. The number of amides is 3. The summed E-state index contributed by atoms with van der Waals surface area (Å²) in [5, 5.41) is 5.94. The number of para-hydroxylation sites is 1. The maximum atomic E-state index is 12.9. The molecule has 3 atom stereocenters. The minimum atomic E-state index is -0.738. The highest BCUT2D eigenvalue weighted by Gasteiger charge is 2.59. The SMILES string of the molecule is O=C(Nc1ccccc1)N1C[C@@H]2CC[C@]3(N=C(c4ccccc4)NC3=O)[C@@H]2C1. The average Bonchev–Trinajstić information content (AvgIpc) is 3.39. The Balaban J connectivity index is 1.36. The van der Waals surface area contributed by atoms with Gasteiger partial charge in [0.15, 0.2) is 0 Å². The lowest BCUT2D eigenvalue weighted by Gasteiger charge is -2.25. The number of hydrogen-bond donors (Lipinski definition) is 2. The lowest BCUT2D eigenvalue weighted by Crippen LogP contribution is -2.45. The summed E-state index contributed by atoms with van der Waals surface area (Å²) < 4.78 is 0. The highest BCUT2D eigenvalue weighted by atomic mass is 16.2. The van der Waals surface area contributed by atoms with Gasteiger partial charge in [-0.15, -0.1) is 0 Å². The largest absolute Gasteiger partial charge is 0.324 e. The van der Waals surface area contributed by atoms with Crippen molar-refractivity contribution in [2.24, 2.45) is 16.8 Å². The molecule has 2 N–H and O–H groups in total. The van der Waals surface area contributed by atoms with Gasteiger partial charge in [-0.3, -0.25) is 9.79 Å². The molecule has 1 spiro atoms. The van der Waals surface area contributed by atoms with E-state index in [4.69, 9.17) is 4.99 Å². The first-order valence-corrected chi connectivity index (χ1v) is 9.73. The quantitative estimate of drug-likeness (QED) is 0.848. The average molecular weight is 374 g/mol. The Morgan fingerprint density at radius 1 is 1.07 bits per heavy atom. The van der Waals surface area contributed by atoms with Gasteiger partial charge < -0.3 is 15.5 Å². The number of rotatable bonds is 2. The highest BCUT2D eigenvalue weighted by Crippen LogP contribution is 2.49. The van der Waals surface area contributed by atoms with Crippen molar-refractivity contribution in [2.45, 2.75) is 18.4 Å². The third-order valence-corrected chi connectivity index (χ3v) is 6.25. The van der Waals surface area contributed by atoms with E-state index in [2.05, 4.69) is 10.6 Å². The number of nitrogens with one attached hydrogen (secondary N) is 2. The van der Waals surface area contributed by atoms with Crippen LogP contribution in [0.3, 0.4) is 0 Å². The fourth-order valence-corrected chi connectivity index (χ4v) is 4.83. The van der Waals surface area contributed by atoms with Crippen LogP contribution in [0.25, 0.3) is 0 Å². The summed E-state index contributed by atoms with van der Waals surface area (Å²) in [6.45, 7) is 1.23. The molecular formula is C22H22N4O2. The third-order valence-electron chi connectivity index (χ3n) is 6.25. The van der Waals surface area contributed by atoms with Crippen molar-refractivity contribution in [1.82, 2.24) is 10.2 Å². The molecule has 3 amide bonds. The maximum absolute atomic E-state index is 12.9. The minimum absolute atomic E-state index is 0.0239. The zero-order valence-electron chi connectivity index (χ0n) is 15.5. The first-order chi connectivity index (χ1) is 13.7. The molecule has 5 rings (SSSR count). The Labute approximate surface area is 163 Å². The molecule has 1 aliphatic carbocycles. The van der Waals surface area contributed by atoms with Crippen LogP contribution in [0.5, 0.6) is 0 Å². The van der Waals surface area contributed by atoms with E-state index in [0.29, 0.717) is 24.8 Å². The Kier molecular flexibility index (Phi) is 3.93. The van der Waals surface area contributed by atoms with Crippen molar-refractivity contribution >= 4 is 23.5 Å². The summed E-state index contributed by atoms with van der Waals surface area (Å²) >= 11 is 0. The molecule has 28 heavy (non-hydrogen) atoms. The van der Waals surface area contributed by atoms with Gasteiger partial charge in [-0.2, -0.15) is 0 Å². The van der Waals surface area contributed by atoms with E-state index >= 15 is 0 Å². The monoisotopic (exact) mass is 374 g/mol. The zero-order valence-corrected chi connectivity index (χ0v) is 15.5. The Bertz CT molecular complexity index is 944. The molecule has 1 saturated heterocycles. The van der Waals surface area contributed by atoms with E-state index < -0.39 is 5.54 Å². The van der Waals surface area contributed by atoms with Gasteiger partial charge in [0.05, 0.1) is 0 Å². The number of fused-ring (bicyclic) bond motifs is 2. The van der Waals surface area contributed by atoms with Gasteiger partial charge in [-0.05, 0) is 30.9 Å². The molecule has 0 radical (unpaired) electrons. The second-order valence-electron chi connectivity index (χ2n) is 7.81. The molecule has 6 nitrogen and oxygen atoms in total. The smallest absolute Gasteiger partial charge is 0.321 e. The van der Waals surface area contributed by atoms with E-state index in [1.807, 2.05) is 65.6 Å². The van der Waals surface area contributed by atoms with Crippen LogP contribution >= 0.6 is 0 Å². The van der Waals surface area contributed by atoms with Crippen LogP contribution in [0.4, 0.5) is 10.5 Å². The van der Waals surface area contributed by atoms with Crippen LogP contribution in [0, 0.1) is 11.8 Å². The van der Waals surface area contributed by atoms with Crippen LogP contribution in [0.2, 0.25) is 0 Å². The molecule has 1 saturated carbocycles. The normalized spacial score (nSPS) is 28.2. The molecule has 2 aromatic carbocycles. The van der Waals surface area contributed by atoms with Crippen molar-refractivity contribution in [3.63, 3.8) is 0 Å². The molecule has 2 heterocycles. The van der Waals surface area contributed by atoms with Crippen LogP contribution < -0.4 is 10.6 Å². The van der Waals surface area contributed by atoms with Crippen LogP contribution in [-0.4, -0.2) is 41.3 Å². The van der Waals surface area contributed by atoms with Crippen LogP contribution in [0.15, 0.2) is 65.7 Å². The summed E-state index contributed by atoms with van der Waals surface area (Å²) in [6.07, 6.45) is 1.66. The lowest BCUT2D eigenvalue weighted by molar-refractivity contribution is -0.124. The Hall–Kier alpha value is -3.15. The van der Waals surface area contributed by atoms with Gasteiger partial charge in [0.25, 0.3) is 5.91 Å². The molecule has 0 unspecified atom stereocenters. The molecular weight excluding hydrogens is 352 g/mol. The molecule has 2 aromatic rings. The van der Waals surface area contributed by atoms with Gasteiger partial charge in [0.1, 0.15) is 11.4 Å². The van der Waals surface area contributed by atoms with E-state index in [1.165, 1.54) is 0 Å². The summed E-state index contributed by atoms with van der Waals surface area (Å²) in [6, 6.07) is 19.1. The van der Waals surface area contributed by atoms with E-state index in [0.717, 1.165) is 24.1 Å². The maximum Gasteiger partial charge on any atom is 0.321 e. The van der Waals surface area contributed by atoms with Crippen molar-refractivity contribution in [3.8, 4) is 0 Å². The fourth-order valence-electron chi connectivity index (χ4n) is 4.83. The Morgan fingerprint density at radius 3 is 2.54 bits per heavy atom. The molecule has 6 heteroatoms. The summed E-state index contributed by atoms with van der Waals surface area (Å²) in [5.41, 5.74) is 0.965. The molecule has 0 aromatic heterocycles. The topological polar surface area (TPSA) is 73.8 Å². The molecule has 0 bridgehead atoms. The van der Waals surface area contributed by atoms with Gasteiger partial charge >= 0.3 is 6.03 Å². The van der Waals surface area contributed by atoms with Crippen molar-refractivity contribution < 1.29 is 9.59 Å². The minimum Gasteiger partial charge on any atom is -0.324 e. The van der Waals surface area contributed by atoms with Crippen molar-refractivity contribution in [1.29, 1.82) is 0 Å². The van der Waals surface area contributed by atoms with Gasteiger partial charge in [-0.25, -0.2) is 4.79 Å². The number of aliphatic imine (C=N–C) groups is 1. The predicted octanol–water partition coefficient (Wildman–Crippen LogP) is 2.88. The van der Waals surface area contributed by atoms with Gasteiger partial charge in [0, 0.05) is 30.3 Å². The lowest BCUT2D eigenvalue weighted by atomic mass is 9.85. The zero-order chi connectivity index (χ0) is 19.1. The number of carbonyl (C=O) groups is 2.